The number of ketones is 1. The summed E-state index contributed by atoms with van der Waals surface area (Å²) in [5, 5.41) is 3.46. The van der Waals surface area contributed by atoms with Gasteiger partial charge >= 0.3 is 0 Å². The van der Waals surface area contributed by atoms with Gasteiger partial charge in [0.15, 0.2) is 12.4 Å². The van der Waals surface area contributed by atoms with Crippen molar-refractivity contribution in [2.24, 2.45) is 0 Å². The van der Waals surface area contributed by atoms with E-state index in [0.29, 0.717) is 16.3 Å². The van der Waals surface area contributed by atoms with E-state index in [9.17, 15) is 9.59 Å². The third-order valence-corrected chi connectivity index (χ3v) is 3.59. The summed E-state index contributed by atoms with van der Waals surface area (Å²) >= 11 is 5.94. The Morgan fingerprint density at radius 1 is 1.17 bits per heavy atom. The van der Waals surface area contributed by atoms with Crippen LogP contribution in [0, 0.1) is 0 Å². The van der Waals surface area contributed by atoms with Crippen molar-refractivity contribution in [1.82, 2.24) is 5.32 Å². The Morgan fingerprint density at radius 3 is 2.61 bits per heavy atom. The van der Waals surface area contributed by atoms with Crippen LogP contribution < -0.4 is 10.1 Å². The van der Waals surface area contributed by atoms with Crippen molar-refractivity contribution in [2.75, 3.05) is 6.61 Å². The van der Waals surface area contributed by atoms with Gasteiger partial charge in [0.2, 0.25) is 0 Å². The van der Waals surface area contributed by atoms with E-state index >= 15 is 0 Å². The molecule has 5 heteroatoms. The van der Waals surface area contributed by atoms with Crippen LogP contribution in [0.3, 0.4) is 0 Å². The Hall–Kier alpha value is -2.33. The lowest BCUT2D eigenvalue weighted by molar-refractivity contribution is -0.123. The van der Waals surface area contributed by atoms with E-state index in [0.717, 1.165) is 5.56 Å². The van der Waals surface area contributed by atoms with Gasteiger partial charge in [-0.1, -0.05) is 35.9 Å². The van der Waals surface area contributed by atoms with Gasteiger partial charge in [0, 0.05) is 5.02 Å². The normalized spacial score (nSPS) is 11.6. The maximum Gasteiger partial charge on any atom is 0.258 e. The van der Waals surface area contributed by atoms with Crippen LogP contribution in [0.1, 0.15) is 35.8 Å². The van der Waals surface area contributed by atoms with Crippen molar-refractivity contribution in [3.63, 3.8) is 0 Å². The van der Waals surface area contributed by atoms with Gasteiger partial charge in [-0.25, -0.2) is 0 Å². The van der Waals surface area contributed by atoms with Crippen LogP contribution in [-0.2, 0) is 4.79 Å². The van der Waals surface area contributed by atoms with E-state index in [1.807, 2.05) is 19.1 Å². The van der Waals surface area contributed by atoms with Gasteiger partial charge in [-0.05, 0) is 43.7 Å². The van der Waals surface area contributed by atoms with E-state index < -0.39 is 0 Å². The number of carbonyl (C=O) groups is 2. The van der Waals surface area contributed by atoms with Gasteiger partial charge in [0.05, 0.1) is 11.6 Å². The first-order chi connectivity index (χ1) is 11.0. The molecule has 0 radical (unpaired) electrons. The molecule has 0 heterocycles. The number of halogens is 1. The molecular weight excluding hydrogens is 314 g/mol. The summed E-state index contributed by atoms with van der Waals surface area (Å²) in [7, 11) is 0. The largest absolute Gasteiger partial charge is 0.483 e. The van der Waals surface area contributed by atoms with Crippen molar-refractivity contribution in [2.45, 2.75) is 19.9 Å². The minimum Gasteiger partial charge on any atom is -0.483 e. The van der Waals surface area contributed by atoms with Gasteiger partial charge in [-0.15, -0.1) is 0 Å². The first-order valence-corrected chi connectivity index (χ1v) is 7.62. The first kappa shape index (κ1) is 17.0. The zero-order chi connectivity index (χ0) is 16.8. The topological polar surface area (TPSA) is 55.4 Å². The third-order valence-electron chi connectivity index (χ3n) is 3.35. The number of carbonyl (C=O) groups excluding carboxylic acids is 2. The summed E-state index contributed by atoms with van der Waals surface area (Å²) < 4.78 is 5.46. The van der Waals surface area contributed by atoms with Crippen LogP contribution >= 0.6 is 11.6 Å². The fraction of sp³-hybridized carbons (Fsp3) is 0.222. The van der Waals surface area contributed by atoms with Gasteiger partial charge < -0.3 is 10.1 Å². The fourth-order valence-corrected chi connectivity index (χ4v) is 2.37. The molecule has 0 aromatic heterocycles. The van der Waals surface area contributed by atoms with Crippen LogP contribution in [0.4, 0.5) is 0 Å². The minimum atomic E-state index is -0.268. The van der Waals surface area contributed by atoms with Crippen molar-refractivity contribution in [3.8, 4) is 5.75 Å². The second-order valence-corrected chi connectivity index (χ2v) is 5.62. The molecule has 0 aliphatic heterocycles. The van der Waals surface area contributed by atoms with E-state index in [4.69, 9.17) is 16.3 Å². The molecule has 0 fully saturated rings. The fourth-order valence-electron chi connectivity index (χ4n) is 2.17. The molecule has 2 aromatic rings. The quantitative estimate of drug-likeness (QED) is 0.819. The maximum absolute atomic E-state index is 12.0. The highest BCUT2D eigenvalue weighted by Gasteiger charge is 2.12. The third kappa shape index (κ3) is 4.83. The van der Waals surface area contributed by atoms with Crippen molar-refractivity contribution in [1.29, 1.82) is 0 Å². The van der Waals surface area contributed by atoms with E-state index in [1.165, 1.54) is 6.92 Å². The average molecular weight is 332 g/mol. The van der Waals surface area contributed by atoms with Crippen LogP contribution in [0.25, 0.3) is 0 Å². The zero-order valence-electron chi connectivity index (χ0n) is 13.0. The molecule has 0 saturated heterocycles. The van der Waals surface area contributed by atoms with Crippen molar-refractivity contribution >= 4 is 23.3 Å². The molecule has 1 atom stereocenters. The number of hydrogen-bond acceptors (Lipinski definition) is 3. The predicted octanol–water partition coefficient (Wildman–Crippen LogP) is 3.80. The van der Waals surface area contributed by atoms with Crippen molar-refractivity contribution < 1.29 is 14.3 Å². The average Bonchev–Trinajstić information content (AvgIpc) is 2.53. The Kier molecular flexibility index (Phi) is 5.77. The number of rotatable bonds is 6. The molecule has 23 heavy (non-hydrogen) atoms. The number of amides is 1. The number of nitrogens with one attached hydrogen (secondary N) is 1. The Morgan fingerprint density at radius 2 is 1.91 bits per heavy atom. The van der Waals surface area contributed by atoms with Crippen LogP contribution in [0.2, 0.25) is 5.02 Å². The highest BCUT2D eigenvalue weighted by Crippen LogP contribution is 2.19. The molecular formula is C18H18ClNO3. The number of Topliss-reactive ketones (excluding diaryl/α,β-unsaturated/α-hetero) is 1. The number of hydrogen-bond donors (Lipinski definition) is 1. The van der Waals surface area contributed by atoms with Gasteiger partial charge in [-0.3, -0.25) is 9.59 Å². The lowest BCUT2D eigenvalue weighted by Crippen LogP contribution is -2.31. The van der Waals surface area contributed by atoms with E-state index in [1.54, 1.807) is 36.4 Å². The molecule has 2 rings (SSSR count). The Balaban J connectivity index is 1.94. The molecule has 1 amide bonds. The second kappa shape index (κ2) is 7.79. The summed E-state index contributed by atoms with van der Waals surface area (Å²) in [5.74, 6) is 0.0368. The highest BCUT2D eigenvalue weighted by atomic mass is 35.5. The predicted molar refractivity (Wildman–Crippen MR) is 90.0 cm³/mol. The second-order valence-electron chi connectivity index (χ2n) is 5.19. The van der Waals surface area contributed by atoms with Gasteiger partial charge in [0.1, 0.15) is 5.75 Å². The highest BCUT2D eigenvalue weighted by molar-refractivity contribution is 6.30. The Labute approximate surface area is 140 Å². The van der Waals surface area contributed by atoms with Gasteiger partial charge in [0.25, 0.3) is 5.91 Å². The standard InChI is InChI=1S/C18H18ClNO3/c1-12(14-6-5-7-15(19)10-14)20-18(22)11-23-17-9-4-3-8-16(17)13(2)21/h3-10,12H,11H2,1-2H3,(H,20,22)/t12-/m0/s1. The molecule has 120 valence electrons. The maximum atomic E-state index is 12.0. The molecule has 0 aliphatic carbocycles. The lowest BCUT2D eigenvalue weighted by atomic mass is 10.1. The van der Waals surface area contributed by atoms with Crippen LogP contribution in [0.5, 0.6) is 5.75 Å². The number of para-hydroxylation sites is 1. The summed E-state index contributed by atoms with van der Waals surface area (Å²) in [4.78, 5) is 23.5. The Bertz CT molecular complexity index is 715. The van der Waals surface area contributed by atoms with E-state index in [-0.39, 0.29) is 24.3 Å². The molecule has 0 spiro atoms. The number of benzene rings is 2. The summed E-state index contributed by atoms with van der Waals surface area (Å²) in [6.07, 6.45) is 0. The smallest absolute Gasteiger partial charge is 0.258 e. The molecule has 0 bridgehead atoms. The molecule has 0 aliphatic rings. The minimum absolute atomic E-state index is 0.103. The monoisotopic (exact) mass is 331 g/mol. The molecule has 2 aromatic carbocycles. The van der Waals surface area contributed by atoms with Crippen molar-refractivity contribution in [3.05, 3.63) is 64.7 Å². The molecule has 0 unspecified atom stereocenters. The first-order valence-electron chi connectivity index (χ1n) is 7.25. The lowest BCUT2D eigenvalue weighted by Gasteiger charge is -2.15. The summed E-state index contributed by atoms with van der Waals surface area (Å²) in [6, 6.07) is 14.0. The molecule has 0 saturated carbocycles. The van der Waals surface area contributed by atoms with Crippen LogP contribution in [-0.4, -0.2) is 18.3 Å². The number of ether oxygens (including phenoxy) is 1. The summed E-state index contributed by atoms with van der Waals surface area (Å²) in [5.41, 5.74) is 1.37. The molecule has 1 N–H and O–H groups in total. The SMILES string of the molecule is CC(=O)c1ccccc1OCC(=O)N[C@@H](C)c1cccc(Cl)c1. The zero-order valence-corrected chi connectivity index (χ0v) is 13.8. The molecule has 4 nitrogen and oxygen atoms in total. The van der Waals surface area contributed by atoms with Crippen LogP contribution in [0.15, 0.2) is 48.5 Å². The summed E-state index contributed by atoms with van der Waals surface area (Å²) in [6.45, 7) is 3.17. The van der Waals surface area contributed by atoms with Gasteiger partial charge in [-0.2, -0.15) is 0 Å². The van der Waals surface area contributed by atoms with E-state index in [2.05, 4.69) is 5.32 Å².